The van der Waals surface area contributed by atoms with Crippen LogP contribution in [-0.4, -0.2) is 19.9 Å². The van der Waals surface area contributed by atoms with Crippen molar-refractivity contribution in [2.75, 3.05) is 19.0 Å². The van der Waals surface area contributed by atoms with Gasteiger partial charge in [0.25, 0.3) is 0 Å². The van der Waals surface area contributed by atoms with Crippen molar-refractivity contribution in [3.8, 4) is 12.3 Å². The first-order chi connectivity index (χ1) is 9.13. The lowest BCUT2D eigenvalue weighted by molar-refractivity contribution is 0.103. The summed E-state index contributed by atoms with van der Waals surface area (Å²) in [5.41, 5.74) is 3.03. The standard InChI is InChI=1S/C17H15NO/c1-4-13-9-11-14(12-10-13)17(19)15-7-5-6-8-16(15)18(2)3/h1,5-12H,2-3H3. The molecule has 2 aromatic rings. The molecule has 0 saturated heterocycles. The summed E-state index contributed by atoms with van der Waals surface area (Å²) in [5, 5.41) is 0. The van der Waals surface area contributed by atoms with Crippen LogP contribution in [0.4, 0.5) is 5.69 Å². The van der Waals surface area contributed by atoms with Crippen molar-refractivity contribution in [3.05, 3.63) is 65.2 Å². The van der Waals surface area contributed by atoms with Crippen molar-refractivity contribution in [2.45, 2.75) is 0 Å². The zero-order valence-electron chi connectivity index (χ0n) is 11.1. The molecule has 2 nitrogen and oxygen atoms in total. The number of terminal acetylenes is 1. The molecular formula is C17H15NO. The molecule has 0 amide bonds. The van der Waals surface area contributed by atoms with Gasteiger partial charge in [0, 0.05) is 36.5 Å². The first-order valence-electron chi connectivity index (χ1n) is 6.01. The van der Waals surface area contributed by atoms with Crippen LogP contribution < -0.4 is 4.90 Å². The molecule has 0 atom stereocenters. The molecule has 0 aliphatic rings. The highest BCUT2D eigenvalue weighted by atomic mass is 16.1. The summed E-state index contributed by atoms with van der Waals surface area (Å²) >= 11 is 0. The van der Waals surface area contributed by atoms with Gasteiger partial charge in [0.1, 0.15) is 0 Å². The monoisotopic (exact) mass is 249 g/mol. The van der Waals surface area contributed by atoms with Crippen LogP contribution in [0.2, 0.25) is 0 Å². The minimum atomic E-state index is 0.00729. The zero-order valence-corrected chi connectivity index (χ0v) is 11.1. The predicted octanol–water partition coefficient (Wildman–Crippen LogP) is 2.96. The molecule has 0 spiro atoms. The van der Waals surface area contributed by atoms with Crippen molar-refractivity contribution >= 4 is 11.5 Å². The number of hydrogen-bond acceptors (Lipinski definition) is 2. The molecule has 0 saturated carbocycles. The molecule has 0 N–H and O–H groups in total. The average Bonchev–Trinajstić information content (AvgIpc) is 2.46. The summed E-state index contributed by atoms with van der Waals surface area (Å²) in [6.45, 7) is 0. The van der Waals surface area contributed by atoms with Crippen LogP contribution >= 0.6 is 0 Å². The smallest absolute Gasteiger partial charge is 0.195 e. The van der Waals surface area contributed by atoms with Crippen LogP contribution in [0.25, 0.3) is 0 Å². The second-order valence-electron chi connectivity index (χ2n) is 4.46. The van der Waals surface area contributed by atoms with Crippen molar-refractivity contribution in [3.63, 3.8) is 0 Å². The minimum absolute atomic E-state index is 0.00729. The summed E-state index contributed by atoms with van der Waals surface area (Å²) in [5.74, 6) is 2.55. The van der Waals surface area contributed by atoms with E-state index in [1.54, 1.807) is 24.3 Å². The Bertz CT molecular complexity index is 633. The van der Waals surface area contributed by atoms with E-state index in [-0.39, 0.29) is 5.78 Å². The molecule has 2 heteroatoms. The lowest BCUT2D eigenvalue weighted by Gasteiger charge is -2.16. The Morgan fingerprint density at radius 3 is 2.26 bits per heavy atom. The number of rotatable bonds is 3. The van der Waals surface area contributed by atoms with E-state index < -0.39 is 0 Å². The molecule has 0 heterocycles. The van der Waals surface area contributed by atoms with E-state index >= 15 is 0 Å². The van der Waals surface area contributed by atoms with Gasteiger partial charge in [0.05, 0.1) is 0 Å². The van der Waals surface area contributed by atoms with Gasteiger partial charge in [0.2, 0.25) is 0 Å². The number of para-hydroxylation sites is 1. The fraction of sp³-hybridized carbons (Fsp3) is 0.118. The number of carbonyl (C=O) groups excluding carboxylic acids is 1. The highest BCUT2D eigenvalue weighted by Gasteiger charge is 2.13. The summed E-state index contributed by atoms with van der Waals surface area (Å²) < 4.78 is 0. The van der Waals surface area contributed by atoms with E-state index in [0.717, 1.165) is 11.3 Å². The lowest BCUT2D eigenvalue weighted by atomic mass is 10.0. The Labute approximate surface area is 113 Å². The predicted molar refractivity (Wildman–Crippen MR) is 78.6 cm³/mol. The molecule has 0 unspecified atom stereocenters. The number of benzene rings is 2. The highest BCUT2D eigenvalue weighted by molar-refractivity contribution is 6.12. The molecule has 2 aromatic carbocycles. The van der Waals surface area contributed by atoms with Gasteiger partial charge in [-0.25, -0.2) is 0 Å². The average molecular weight is 249 g/mol. The highest BCUT2D eigenvalue weighted by Crippen LogP contribution is 2.21. The quantitative estimate of drug-likeness (QED) is 0.615. The fourth-order valence-corrected chi connectivity index (χ4v) is 1.93. The van der Waals surface area contributed by atoms with Crippen LogP contribution in [0.15, 0.2) is 48.5 Å². The molecule has 0 aromatic heterocycles. The van der Waals surface area contributed by atoms with Gasteiger partial charge in [-0.1, -0.05) is 18.1 Å². The topological polar surface area (TPSA) is 20.3 Å². The van der Waals surface area contributed by atoms with Crippen molar-refractivity contribution < 1.29 is 4.79 Å². The summed E-state index contributed by atoms with van der Waals surface area (Å²) in [7, 11) is 3.85. The number of ketones is 1. The Hall–Kier alpha value is -2.53. The Morgan fingerprint density at radius 2 is 1.68 bits per heavy atom. The van der Waals surface area contributed by atoms with Gasteiger partial charge in [-0.05, 0) is 36.4 Å². The molecule has 0 aliphatic carbocycles. The zero-order chi connectivity index (χ0) is 13.8. The largest absolute Gasteiger partial charge is 0.377 e. The van der Waals surface area contributed by atoms with Gasteiger partial charge in [-0.15, -0.1) is 6.42 Å². The van der Waals surface area contributed by atoms with Crippen molar-refractivity contribution in [1.29, 1.82) is 0 Å². The van der Waals surface area contributed by atoms with Gasteiger partial charge >= 0.3 is 0 Å². The fourth-order valence-electron chi connectivity index (χ4n) is 1.93. The van der Waals surface area contributed by atoms with E-state index in [0.29, 0.717) is 11.1 Å². The van der Waals surface area contributed by atoms with Gasteiger partial charge in [-0.2, -0.15) is 0 Å². The molecule has 0 aliphatic heterocycles. The third-order valence-corrected chi connectivity index (χ3v) is 2.94. The SMILES string of the molecule is C#Cc1ccc(C(=O)c2ccccc2N(C)C)cc1. The number of hydrogen-bond donors (Lipinski definition) is 0. The molecule has 0 fully saturated rings. The Kier molecular flexibility index (Phi) is 3.68. The summed E-state index contributed by atoms with van der Waals surface area (Å²) in [4.78, 5) is 14.4. The second-order valence-corrected chi connectivity index (χ2v) is 4.46. The molecular weight excluding hydrogens is 234 g/mol. The van der Waals surface area contributed by atoms with E-state index in [2.05, 4.69) is 5.92 Å². The maximum atomic E-state index is 12.5. The third-order valence-electron chi connectivity index (χ3n) is 2.94. The van der Waals surface area contributed by atoms with E-state index in [1.165, 1.54) is 0 Å². The Balaban J connectivity index is 2.41. The maximum Gasteiger partial charge on any atom is 0.195 e. The number of carbonyl (C=O) groups is 1. The Morgan fingerprint density at radius 1 is 1.05 bits per heavy atom. The first-order valence-corrected chi connectivity index (χ1v) is 6.01. The van der Waals surface area contributed by atoms with Gasteiger partial charge in [0.15, 0.2) is 5.78 Å². The minimum Gasteiger partial charge on any atom is -0.377 e. The number of anilines is 1. The van der Waals surface area contributed by atoms with Crippen molar-refractivity contribution in [2.24, 2.45) is 0 Å². The molecule has 2 rings (SSSR count). The van der Waals surface area contributed by atoms with Crippen LogP contribution in [0, 0.1) is 12.3 Å². The van der Waals surface area contributed by atoms with Crippen LogP contribution in [0.3, 0.4) is 0 Å². The van der Waals surface area contributed by atoms with E-state index in [4.69, 9.17) is 6.42 Å². The molecule has 19 heavy (non-hydrogen) atoms. The van der Waals surface area contributed by atoms with Crippen LogP contribution in [0.5, 0.6) is 0 Å². The summed E-state index contributed by atoms with van der Waals surface area (Å²) in [6.07, 6.45) is 5.31. The number of nitrogens with zero attached hydrogens (tertiary/aromatic N) is 1. The van der Waals surface area contributed by atoms with Gasteiger partial charge < -0.3 is 4.90 Å². The summed E-state index contributed by atoms with van der Waals surface area (Å²) in [6, 6.07) is 14.7. The molecule has 94 valence electrons. The normalized spacial score (nSPS) is 9.74. The van der Waals surface area contributed by atoms with Gasteiger partial charge in [-0.3, -0.25) is 4.79 Å². The van der Waals surface area contributed by atoms with E-state index in [9.17, 15) is 4.79 Å². The maximum absolute atomic E-state index is 12.5. The first kappa shape index (κ1) is 12.9. The molecule has 0 radical (unpaired) electrons. The van der Waals surface area contributed by atoms with E-state index in [1.807, 2.05) is 43.3 Å². The lowest BCUT2D eigenvalue weighted by Crippen LogP contribution is -2.14. The molecule has 0 bridgehead atoms. The second kappa shape index (κ2) is 5.41. The van der Waals surface area contributed by atoms with Crippen molar-refractivity contribution in [1.82, 2.24) is 0 Å². The third kappa shape index (κ3) is 2.66. The van der Waals surface area contributed by atoms with Crippen LogP contribution in [-0.2, 0) is 0 Å². The van der Waals surface area contributed by atoms with Crippen LogP contribution in [0.1, 0.15) is 21.5 Å².